The number of hydrogen-bond donors (Lipinski definition) is 1. The van der Waals surface area contributed by atoms with Gasteiger partial charge in [0.15, 0.2) is 0 Å². The molecule has 22 heavy (non-hydrogen) atoms. The molecular weight excluding hydrogens is 307 g/mol. The number of carbonyl (C=O) groups is 2. The van der Waals surface area contributed by atoms with Crippen LogP contribution in [0.4, 0.5) is 9.18 Å². The van der Waals surface area contributed by atoms with E-state index in [2.05, 4.69) is 5.32 Å². The highest BCUT2D eigenvalue weighted by Crippen LogP contribution is 2.33. The fourth-order valence-electron chi connectivity index (χ4n) is 2.66. The van der Waals surface area contributed by atoms with Crippen LogP contribution in [-0.4, -0.2) is 47.0 Å². The van der Waals surface area contributed by atoms with Crippen molar-refractivity contribution in [2.24, 2.45) is 0 Å². The van der Waals surface area contributed by atoms with Crippen molar-refractivity contribution < 1.29 is 18.7 Å². The monoisotopic (exact) mass is 324 g/mol. The van der Waals surface area contributed by atoms with Crippen molar-refractivity contribution >= 4 is 23.7 Å². The third-order valence-corrected chi connectivity index (χ3v) is 5.07. The summed E-state index contributed by atoms with van der Waals surface area (Å²) in [6.45, 7) is 0.697. The zero-order chi connectivity index (χ0) is 15.6. The maximum Gasteiger partial charge on any atom is 0.325 e. The van der Waals surface area contributed by atoms with Gasteiger partial charge in [-0.15, -0.1) is 0 Å². The number of imide groups is 1. The molecule has 1 aromatic carbocycles. The molecule has 0 radical (unpaired) electrons. The van der Waals surface area contributed by atoms with E-state index in [1.807, 2.05) is 0 Å². The Kier molecular flexibility index (Phi) is 4.24. The van der Waals surface area contributed by atoms with Crippen LogP contribution >= 0.6 is 11.8 Å². The van der Waals surface area contributed by atoms with E-state index in [-0.39, 0.29) is 17.8 Å². The minimum absolute atomic E-state index is 0.121. The van der Waals surface area contributed by atoms with Gasteiger partial charge in [-0.05, 0) is 42.9 Å². The quantitative estimate of drug-likeness (QED) is 0.665. The van der Waals surface area contributed by atoms with Gasteiger partial charge < -0.3 is 10.1 Å². The molecule has 1 N–H and O–H groups in total. The summed E-state index contributed by atoms with van der Waals surface area (Å²) in [5, 5.41) is 2.83. The Morgan fingerprint density at radius 1 is 1.32 bits per heavy atom. The molecule has 0 bridgehead atoms. The Morgan fingerprint density at radius 3 is 2.77 bits per heavy atom. The van der Waals surface area contributed by atoms with Gasteiger partial charge in [0.25, 0.3) is 5.91 Å². The third kappa shape index (κ3) is 2.90. The van der Waals surface area contributed by atoms with Crippen molar-refractivity contribution in [2.45, 2.75) is 18.4 Å². The van der Waals surface area contributed by atoms with Crippen LogP contribution in [0, 0.1) is 5.82 Å². The number of rotatable bonds is 5. The second-order valence-electron chi connectivity index (χ2n) is 5.43. The molecule has 1 aromatic rings. The molecule has 3 rings (SSSR count). The van der Waals surface area contributed by atoms with Gasteiger partial charge in [0.05, 0.1) is 6.61 Å². The van der Waals surface area contributed by atoms with Crippen LogP contribution in [0.1, 0.15) is 12.8 Å². The molecule has 0 saturated carbocycles. The average Bonchev–Trinajstić information content (AvgIpc) is 3.06. The topological polar surface area (TPSA) is 58.6 Å². The minimum atomic E-state index is -0.681. The summed E-state index contributed by atoms with van der Waals surface area (Å²) in [5.41, 5.74) is -0.681. The number of nitrogens with zero attached hydrogens (tertiary/aromatic N) is 1. The summed E-state index contributed by atoms with van der Waals surface area (Å²) >= 11 is 1.69. The molecule has 0 aromatic heterocycles. The average molecular weight is 324 g/mol. The molecule has 1 spiro atoms. The Morgan fingerprint density at radius 2 is 2.09 bits per heavy atom. The van der Waals surface area contributed by atoms with Crippen LogP contribution in [0.2, 0.25) is 0 Å². The van der Waals surface area contributed by atoms with E-state index in [1.165, 1.54) is 17.0 Å². The van der Waals surface area contributed by atoms with E-state index < -0.39 is 5.54 Å². The Hall–Kier alpha value is -1.76. The molecule has 0 unspecified atom stereocenters. The number of carbonyl (C=O) groups excluding carboxylic acids is 2. The van der Waals surface area contributed by atoms with Gasteiger partial charge in [-0.2, -0.15) is 11.8 Å². The fraction of sp³-hybridized carbons (Fsp3) is 0.467. The fourth-order valence-corrected chi connectivity index (χ4v) is 3.98. The summed E-state index contributed by atoms with van der Waals surface area (Å²) in [7, 11) is 0. The van der Waals surface area contributed by atoms with Gasteiger partial charge in [0, 0.05) is 12.3 Å². The third-order valence-electron chi connectivity index (χ3n) is 3.88. The number of benzene rings is 1. The van der Waals surface area contributed by atoms with E-state index in [0.29, 0.717) is 37.5 Å². The number of urea groups is 1. The van der Waals surface area contributed by atoms with Gasteiger partial charge in [-0.1, -0.05) is 0 Å². The van der Waals surface area contributed by atoms with Gasteiger partial charge in [0.2, 0.25) is 0 Å². The van der Waals surface area contributed by atoms with Gasteiger partial charge in [-0.3, -0.25) is 9.69 Å². The Labute approximate surface area is 132 Å². The smallest absolute Gasteiger partial charge is 0.325 e. The number of ether oxygens (including phenoxy) is 1. The van der Waals surface area contributed by atoms with E-state index in [4.69, 9.17) is 4.74 Å². The lowest BCUT2D eigenvalue weighted by Gasteiger charge is -2.19. The maximum absolute atomic E-state index is 12.8. The molecule has 0 aliphatic carbocycles. The second kappa shape index (κ2) is 6.16. The molecule has 2 aliphatic rings. The van der Waals surface area contributed by atoms with Crippen LogP contribution in [-0.2, 0) is 4.79 Å². The van der Waals surface area contributed by atoms with Crippen molar-refractivity contribution in [2.75, 3.05) is 24.7 Å². The highest BCUT2D eigenvalue weighted by molar-refractivity contribution is 7.99. The molecular formula is C15H17FN2O3S. The molecule has 3 amide bonds. The number of thioether (sulfide) groups is 1. The summed E-state index contributed by atoms with van der Waals surface area (Å²) in [6.07, 6.45) is 1.24. The van der Waals surface area contributed by atoms with Crippen LogP contribution < -0.4 is 10.1 Å². The number of nitrogens with one attached hydrogen (secondary N) is 1. The first kappa shape index (κ1) is 15.1. The molecule has 2 saturated heterocycles. The summed E-state index contributed by atoms with van der Waals surface area (Å²) in [5.74, 6) is 1.69. The second-order valence-corrected chi connectivity index (χ2v) is 6.53. The molecule has 118 valence electrons. The zero-order valence-corrected chi connectivity index (χ0v) is 12.8. The zero-order valence-electron chi connectivity index (χ0n) is 12.0. The predicted molar refractivity (Wildman–Crippen MR) is 81.4 cm³/mol. The van der Waals surface area contributed by atoms with Crippen molar-refractivity contribution in [3.63, 3.8) is 0 Å². The highest BCUT2D eigenvalue weighted by Gasteiger charge is 2.52. The predicted octanol–water partition coefficient (Wildman–Crippen LogP) is 2.02. The van der Waals surface area contributed by atoms with Crippen LogP contribution in [0.3, 0.4) is 0 Å². The maximum atomic E-state index is 12.8. The molecule has 2 heterocycles. The Balaban J connectivity index is 1.48. The summed E-state index contributed by atoms with van der Waals surface area (Å²) in [6, 6.07) is 5.44. The molecule has 7 heteroatoms. The lowest BCUT2D eigenvalue weighted by molar-refractivity contribution is -0.130. The first-order valence-corrected chi connectivity index (χ1v) is 8.36. The largest absolute Gasteiger partial charge is 0.494 e. The van der Waals surface area contributed by atoms with Gasteiger partial charge >= 0.3 is 6.03 Å². The summed E-state index contributed by atoms with van der Waals surface area (Å²) < 4.78 is 18.2. The lowest BCUT2D eigenvalue weighted by atomic mass is 9.99. The summed E-state index contributed by atoms with van der Waals surface area (Å²) in [4.78, 5) is 25.6. The van der Waals surface area contributed by atoms with Crippen LogP contribution in [0.15, 0.2) is 24.3 Å². The van der Waals surface area contributed by atoms with Crippen molar-refractivity contribution in [1.29, 1.82) is 0 Å². The van der Waals surface area contributed by atoms with Crippen molar-refractivity contribution in [3.8, 4) is 5.75 Å². The van der Waals surface area contributed by atoms with E-state index in [0.717, 1.165) is 5.75 Å². The lowest BCUT2D eigenvalue weighted by Crippen LogP contribution is -2.47. The van der Waals surface area contributed by atoms with Gasteiger partial charge in [-0.25, -0.2) is 9.18 Å². The van der Waals surface area contributed by atoms with Crippen LogP contribution in [0.25, 0.3) is 0 Å². The first-order valence-electron chi connectivity index (χ1n) is 7.21. The van der Waals surface area contributed by atoms with Gasteiger partial charge in [0.1, 0.15) is 17.1 Å². The van der Waals surface area contributed by atoms with Crippen molar-refractivity contribution in [3.05, 3.63) is 30.1 Å². The highest BCUT2D eigenvalue weighted by atomic mass is 32.2. The molecule has 5 nitrogen and oxygen atoms in total. The van der Waals surface area contributed by atoms with Crippen LogP contribution in [0.5, 0.6) is 5.75 Å². The molecule has 2 fully saturated rings. The molecule has 2 aliphatic heterocycles. The van der Waals surface area contributed by atoms with Crippen molar-refractivity contribution in [1.82, 2.24) is 10.2 Å². The van der Waals surface area contributed by atoms with E-state index in [9.17, 15) is 14.0 Å². The normalized spacial score (nSPS) is 24.1. The van der Waals surface area contributed by atoms with E-state index >= 15 is 0 Å². The number of amides is 3. The number of hydrogen-bond acceptors (Lipinski definition) is 4. The standard InChI is InChI=1S/C15H17FN2O3S/c16-11-2-4-12(5-3-11)21-8-1-7-18-13(19)15(17-14(18)20)6-9-22-10-15/h2-5H,1,6-10H2,(H,17,20)/t15-/m0/s1. The Bertz CT molecular complexity index is 573. The minimum Gasteiger partial charge on any atom is -0.494 e. The van der Waals surface area contributed by atoms with E-state index in [1.54, 1.807) is 23.9 Å². The SMILES string of the molecule is O=C1N[C@]2(CCSC2)C(=O)N1CCCOc1ccc(F)cc1. The first-order chi connectivity index (χ1) is 10.6. The number of halogens is 1. The molecule has 1 atom stereocenters.